The van der Waals surface area contributed by atoms with Crippen molar-refractivity contribution in [3.8, 4) is 0 Å². The van der Waals surface area contributed by atoms with Crippen LogP contribution in [0.5, 0.6) is 0 Å². The SMILES string of the molecule is C.CC(=O)OCC(=O)[C@@]1(O)[C@H](O)C[C@H]2[C@@H]3CCC4=CC(=O)C=C[C@]4(C)[C@H]3[C@@H](O)C[C@@]21C.CC(=O)OCC(=O)[C@@]12OC(C)(C)O[C@@H]1C[C@H]1[C@@H]3CCC4=CC(=O)C=C[C@]4(C)[C@H]3[C@@H](O)C[C@@]12C. The van der Waals surface area contributed by atoms with Crippen LogP contribution in [0.15, 0.2) is 47.6 Å². The zero-order valence-electron chi connectivity index (χ0n) is 37.7. The standard InChI is InChI=1S/C26H34O7.C23H30O7.CH4/c1-14(27)31-13-20(30)26-21(32-23(2,3)33-26)11-18-17-7-6-15-10-16(28)8-9-24(15,4)22(17)19(29)12-25(18,26)5;1-12(24)30-11-19(28)23(29)18(27)9-16-15-5-4-13-8-14(25)6-7-21(13,2)20(15)17(26)10-22(16,23)3;/h8-10,17-19,21-22,29H,6-7,11-13H2,1-5H3;6-8,15-18,20,26-27,29H,4-5,9-11H2,1-3H3;1H4/t17-,18-,19-,21+,22+,24-,25-,26+;15-,16-,17-,18+,20+,21-,22-,23-;/m00./s1. The van der Waals surface area contributed by atoms with E-state index in [-0.39, 0.29) is 85.1 Å². The van der Waals surface area contributed by atoms with E-state index < -0.39 is 82.0 Å². The molecule has 0 spiro atoms. The number of ether oxygens (including phenoxy) is 4. The number of allylic oxidation sites excluding steroid dienone is 8. The Bertz CT molecular complexity index is 2130. The average Bonchev–Trinajstić information content (AvgIpc) is 3.70. The van der Waals surface area contributed by atoms with E-state index in [4.69, 9.17) is 18.9 Å². The summed E-state index contributed by atoms with van der Waals surface area (Å²) < 4.78 is 22.7. The number of hydrogen-bond acceptors (Lipinski definition) is 14. The fraction of sp³-hybridized carbons (Fsp3) is 0.720. The third-order valence-corrected chi connectivity index (χ3v) is 17.9. The highest BCUT2D eigenvalue weighted by atomic mass is 16.8. The maximum absolute atomic E-state index is 13.7. The molecule has 1 heterocycles. The molecule has 0 bridgehead atoms. The van der Waals surface area contributed by atoms with Crippen molar-refractivity contribution in [3.63, 3.8) is 0 Å². The smallest absolute Gasteiger partial charge is 0.303 e. The third-order valence-electron chi connectivity index (χ3n) is 17.9. The van der Waals surface area contributed by atoms with E-state index in [9.17, 15) is 49.2 Å². The maximum Gasteiger partial charge on any atom is 0.303 e. The second-order valence-electron chi connectivity index (χ2n) is 21.4. The van der Waals surface area contributed by atoms with Gasteiger partial charge in [-0.05, 0) is 113 Å². The number of carbonyl (C=O) groups is 6. The number of aliphatic hydroxyl groups is 4. The van der Waals surface area contributed by atoms with Gasteiger partial charge in [-0.1, -0.05) is 58.4 Å². The predicted octanol–water partition coefficient (Wildman–Crippen LogP) is 4.63. The average molecular weight is 893 g/mol. The van der Waals surface area contributed by atoms with Crippen LogP contribution in [0.4, 0.5) is 0 Å². The van der Waals surface area contributed by atoms with Gasteiger partial charge in [-0.2, -0.15) is 0 Å². The molecule has 0 radical (unpaired) electrons. The van der Waals surface area contributed by atoms with E-state index in [0.29, 0.717) is 25.7 Å². The molecule has 0 amide bonds. The maximum atomic E-state index is 13.7. The first-order valence-corrected chi connectivity index (χ1v) is 22.7. The lowest BCUT2D eigenvalue weighted by Gasteiger charge is -2.59. The summed E-state index contributed by atoms with van der Waals surface area (Å²) in [5.74, 6) is -3.35. The highest BCUT2D eigenvalue weighted by molar-refractivity contribution is 6.02. The number of rotatable bonds is 6. The molecular formula is C50H68O14. The van der Waals surface area contributed by atoms with Crippen molar-refractivity contribution >= 4 is 35.1 Å². The Kier molecular flexibility index (Phi) is 12.1. The number of carbonyl (C=O) groups excluding carboxylic acids is 6. The second kappa shape index (κ2) is 16.0. The molecule has 6 saturated carbocycles. The van der Waals surface area contributed by atoms with Gasteiger partial charge in [0.2, 0.25) is 11.6 Å². The van der Waals surface area contributed by atoms with Gasteiger partial charge in [0.05, 0.1) is 24.4 Å². The van der Waals surface area contributed by atoms with Gasteiger partial charge in [0.25, 0.3) is 0 Å². The molecule has 8 aliphatic carbocycles. The van der Waals surface area contributed by atoms with Crippen molar-refractivity contribution in [2.45, 2.75) is 156 Å². The van der Waals surface area contributed by atoms with Crippen molar-refractivity contribution in [2.24, 2.45) is 57.2 Å². The molecule has 4 N–H and O–H groups in total. The molecule has 16 atom stereocenters. The molecular weight excluding hydrogens is 825 g/mol. The first-order chi connectivity index (χ1) is 29.3. The molecule has 7 fully saturated rings. The topological polar surface area (TPSA) is 220 Å². The van der Waals surface area contributed by atoms with Crippen LogP contribution in [0.1, 0.15) is 114 Å². The van der Waals surface area contributed by atoms with Crippen molar-refractivity contribution in [2.75, 3.05) is 13.2 Å². The van der Waals surface area contributed by atoms with Crippen molar-refractivity contribution in [3.05, 3.63) is 47.6 Å². The van der Waals surface area contributed by atoms with Gasteiger partial charge >= 0.3 is 11.9 Å². The van der Waals surface area contributed by atoms with Crippen LogP contribution in [-0.2, 0) is 47.7 Å². The third kappa shape index (κ3) is 6.85. The summed E-state index contributed by atoms with van der Waals surface area (Å²) in [5, 5.41) is 45.2. The summed E-state index contributed by atoms with van der Waals surface area (Å²) in [5.41, 5.74) is -3.84. The van der Waals surface area contributed by atoms with Gasteiger partial charge in [-0.25, -0.2) is 0 Å². The number of hydrogen-bond donors (Lipinski definition) is 4. The molecule has 0 unspecified atom stereocenters. The molecule has 1 aliphatic heterocycles. The molecule has 0 aromatic rings. The summed E-state index contributed by atoms with van der Waals surface area (Å²) in [6.07, 6.45) is 11.6. The fourth-order valence-corrected chi connectivity index (χ4v) is 15.3. The van der Waals surface area contributed by atoms with Crippen LogP contribution in [0, 0.1) is 57.2 Å². The Morgan fingerprint density at radius 3 is 1.64 bits per heavy atom. The predicted molar refractivity (Wildman–Crippen MR) is 231 cm³/mol. The molecule has 9 rings (SSSR count). The van der Waals surface area contributed by atoms with Crippen LogP contribution >= 0.6 is 0 Å². The molecule has 9 aliphatic rings. The lowest BCUT2D eigenvalue weighted by Crippen LogP contribution is -2.64. The highest BCUT2D eigenvalue weighted by Gasteiger charge is 2.77. The quantitative estimate of drug-likeness (QED) is 0.267. The fourth-order valence-electron chi connectivity index (χ4n) is 15.3. The Hall–Kier alpha value is -3.66. The molecule has 0 aromatic carbocycles. The van der Waals surface area contributed by atoms with Crippen LogP contribution in [0.25, 0.3) is 0 Å². The van der Waals surface area contributed by atoms with Crippen molar-refractivity contribution < 1.29 is 68.1 Å². The van der Waals surface area contributed by atoms with E-state index in [1.807, 2.05) is 26.0 Å². The molecule has 0 aromatic heterocycles. The van der Waals surface area contributed by atoms with E-state index in [1.165, 1.54) is 13.8 Å². The minimum absolute atomic E-state index is 0. The van der Waals surface area contributed by atoms with Gasteiger partial charge in [0.1, 0.15) is 0 Å². The number of ketones is 4. The number of fused-ring (bicyclic) bond motifs is 12. The number of esters is 2. The first kappa shape index (κ1) is 48.3. The van der Waals surface area contributed by atoms with Crippen LogP contribution in [0.3, 0.4) is 0 Å². The lowest BCUT2D eigenvalue weighted by atomic mass is 9.46. The summed E-state index contributed by atoms with van der Waals surface area (Å²) in [4.78, 5) is 73.1. The Labute approximate surface area is 375 Å². The zero-order chi connectivity index (χ0) is 46.0. The molecule has 1 saturated heterocycles. The summed E-state index contributed by atoms with van der Waals surface area (Å²) in [6, 6.07) is 0. The van der Waals surface area contributed by atoms with E-state index in [0.717, 1.165) is 24.0 Å². The normalized spacial score (nSPS) is 46.4. The van der Waals surface area contributed by atoms with Gasteiger partial charge in [0.15, 0.2) is 41.8 Å². The first-order valence-electron chi connectivity index (χ1n) is 22.7. The summed E-state index contributed by atoms with van der Waals surface area (Å²) in [6.45, 7) is 13.0. The van der Waals surface area contributed by atoms with E-state index in [2.05, 4.69) is 6.92 Å². The van der Waals surface area contributed by atoms with Crippen molar-refractivity contribution in [1.82, 2.24) is 0 Å². The molecule has 14 heteroatoms. The minimum Gasteiger partial charge on any atom is -0.458 e. The zero-order valence-corrected chi connectivity index (χ0v) is 37.7. The Morgan fingerprint density at radius 2 is 1.16 bits per heavy atom. The summed E-state index contributed by atoms with van der Waals surface area (Å²) >= 11 is 0. The second-order valence-corrected chi connectivity index (χ2v) is 21.4. The van der Waals surface area contributed by atoms with Crippen LogP contribution < -0.4 is 0 Å². The Balaban J connectivity index is 0.000000189. The molecule has 64 heavy (non-hydrogen) atoms. The monoisotopic (exact) mass is 892 g/mol. The van der Waals surface area contributed by atoms with Gasteiger partial charge < -0.3 is 39.4 Å². The van der Waals surface area contributed by atoms with Gasteiger partial charge in [0, 0.05) is 47.3 Å². The minimum atomic E-state index is -2.09. The van der Waals surface area contributed by atoms with Gasteiger partial charge in [-0.3, -0.25) is 28.8 Å². The lowest BCUT2D eigenvalue weighted by molar-refractivity contribution is -0.225. The van der Waals surface area contributed by atoms with E-state index >= 15 is 0 Å². The molecule has 352 valence electrons. The van der Waals surface area contributed by atoms with E-state index in [1.54, 1.807) is 45.1 Å². The number of aliphatic hydroxyl groups excluding tert-OH is 3. The largest absolute Gasteiger partial charge is 0.458 e. The van der Waals surface area contributed by atoms with Crippen LogP contribution in [-0.4, -0.2) is 110 Å². The Morgan fingerprint density at radius 1 is 0.703 bits per heavy atom. The van der Waals surface area contributed by atoms with Gasteiger partial charge in [-0.15, -0.1) is 0 Å². The van der Waals surface area contributed by atoms with Crippen LogP contribution in [0.2, 0.25) is 0 Å². The molecule has 14 nitrogen and oxygen atoms in total. The summed E-state index contributed by atoms with van der Waals surface area (Å²) in [7, 11) is 0. The highest BCUT2D eigenvalue weighted by Crippen LogP contribution is 2.71. The van der Waals surface area contributed by atoms with Crippen molar-refractivity contribution in [1.29, 1.82) is 0 Å². The number of Topliss-reactive ketones (excluding diaryl/α,β-unsaturated/α-hetero) is 2.